The molecule has 1 N–H and O–H groups in total. The van der Waals surface area contributed by atoms with Crippen molar-refractivity contribution in [3.05, 3.63) is 51.7 Å². The van der Waals surface area contributed by atoms with Gasteiger partial charge in [-0.1, -0.05) is 23.7 Å². The van der Waals surface area contributed by atoms with Gasteiger partial charge < -0.3 is 19.2 Å². The number of amides is 1. The van der Waals surface area contributed by atoms with E-state index in [1.165, 1.54) is 0 Å². The van der Waals surface area contributed by atoms with E-state index in [1.807, 2.05) is 32.9 Å². The van der Waals surface area contributed by atoms with Crippen LogP contribution < -0.4 is 14.8 Å². The van der Waals surface area contributed by atoms with Gasteiger partial charge in [0.25, 0.3) is 5.91 Å². The van der Waals surface area contributed by atoms with Crippen LogP contribution in [0.3, 0.4) is 0 Å². The van der Waals surface area contributed by atoms with Gasteiger partial charge in [-0.15, -0.1) is 0 Å². The van der Waals surface area contributed by atoms with E-state index in [4.69, 9.17) is 25.5 Å². The van der Waals surface area contributed by atoms with Crippen molar-refractivity contribution in [2.24, 2.45) is 0 Å². The molecule has 6 heteroatoms. The van der Waals surface area contributed by atoms with E-state index in [9.17, 15) is 4.79 Å². The molecule has 4 rings (SSSR count). The minimum absolute atomic E-state index is 0.281. The van der Waals surface area contributed by atoms with E-state index in [0.29, 0.717) is 35.4 Å². The summed E-state index contributed by atoms with van der Waals surface area (Å²) in [6.45, 7) is 6.79. The van der Waals surface area contributed by atoms with Gasteiger partial charge in [0.15, 0.2) is 17.3 Å². The molecule has 5 nitrogen and oxygen atoms in total. The molecule has 0 atom stereocenters. The van der Waals surface area contributed by atoms with E-state index in [0.717, 1.165) is 27.7 Å². The number of fused-ring (bicyclic) bond motifs is 2. The summed E-state index contributed by atoms with van der Waals surface area (Å²) in [5, 5.41) is 4.17. The summed E-state index contributed by atoms with van der Waals surface area (Å²) in [6, 6.07) is 7.33. The molecule has 0 radical (unpaired) electrons. The number of halogens is 1. The average molecular weight is 372 g/mol. The predicted octanol–water partition coefficient (Wildman–Crippen LogP) is 5.03. The third-order valence-corrected chi connectivity index (χ3v) is 4.88. The number of rotatable bonds is 2. The Hall–Kier alpha value is -2.66. The highest BCUT2D eigenvalue weighted by molar-refractivity contribution is 6.34. The van der Waals surface area contributed by atoms with Crippen molar-refractivity contribution in [3.8, 4) is 11.5 Å². The maximum absolute atomic E-state index is 12.8. The van der Waals surface area contributed by atoms with E-state index < -0.39 is 0 Å². The Labute approximate surface area is 155 Å². The van der Waals surface area contributed by atoms with Crippen molar-refractivity contribution in [2.45, 2.75) is 20.8 Å². The Morgan fingerprint density at radius 3 is 2.38 bits per heavy atom. The number of hydrogen-bond donors (Lipinski definition) is 1. The zero-order valence-electron chi connectivity index (χ0n) is 14.7. The summed E-state index contributed by atoms with van der Waals surface area (Å²) in [7, 11) is 0. The number of carbonyl (C=O) groups is 1. The highest BCUT2D eigenvalue weighted by Crippen LogP contribution is 2.38. The smallest absolute Gasteiger partial charge is 0.291 e. The van der Waals surface area contributed by atoms with Gasteiger partial charge >= 0.3 is 0 Å². The maximum atomic E-state index is 12.8. The SMILES string of the molecule is Cc1ccc(C)c2c(C)c(C(=O)Nc3cc4c(cc3Cl)OCCO4)oc12. The van der Waals surface area contributed by atoms with Crippen molar-refractivity contribution in [2.75, 3.05) is 18.5 Å². The van der Waals surface area contributed by atoms with Crippen molar-refractivity contribution in [1.29, 1.82) is 0 Å². The molecule has 0 fully saturated rings. The lowest BCUT2D eigenvalue weighted by atomic mass is 10.0. The number of aryl methyl sites for hydroxylation is 3. The lowest BCUT2D eigenvalue weighted by Crippen LogP contribution is -2.17. The standard InChI is InChI=1S/C20H18ClNO4/c1-10-4-5-11(2)18-17(10)12(3)19(26-18)20(23)22-14-9-16-15(8-13(14)21)24-6-7-25-16/h4-5,8-9H,6-7H2,1-3H3,(H,22,23). The highest BCUT2D eigenvalue weighted by atomic mass is 35.5. The molecule has 26 heavy (non-hydrogen) atoms. The summed E-state index contributed by atoms with van der Waals surface area (Å²) in [4.78, 5) is 12.8. The third kappa shape index (κ3) is 2.69. The Bertz CT molecular complexity index is 1040. The molecule has 0 aliphatic carbocycles. The second kappa shape index (κ2) is 6.25. The molecule has 0 saturated carbocycles. The molecule has 1 aliphatic rings. The Balaban J connectivity index is 1.71. The molecule has 0 bridgehead atoms. The van der Waals surface area contributed by atoms with Crippen molar-refractivity contribution < 1.29 is 18.7 Å². The van der Waals surface area contributed by atoms with Crippen LogP contribution in [-0.2, 0) is 0 Å². The molecule has 2 aromatic carbocycles. The fourth-order valence-corrected chi connectivity index (χ4v) is 3.43. The number of benzene rings is 2. The van der Waals surface area contributed by atoms with Gasteiger partial charge in [-0.25, -0.2) is 0 Å². The third-order valence-electron chi connectivity index (χ3n) is 4.57. The first-order chi connectivity index (χ1) is 12.5. The first kappa shape index (κ1) is 16.8. The summed E-state index contributed by atoms with van der Waals surface area (Å²) in [6.07, 6.45) is 0. The van der Waals surface area contributed by atoms with Gasteiger partial charge in [0.05, 0.1) is 10.7 Å². The molecule has 0 saturated heterocycles. The van der Waals surface area contributed by atoms with E-state index in [2.05, 4.69) is 5.32 Å². The molecule has 3 aromatic rings. The van der Waals surface area contributed by atoms with Gasteiger partial charge in [-0.3, -0.25) is 4.79 Å². The molecule has 0 spiro atoms. The minimum atomic E-state index is -0.351. The van der Waals surface area contributed by atoms with Gasteiger partial charge in [-0.2, -0.15) is 0 Å². The van der Waals surface area contributed by atoms with Gasteiger partial charge in [0.2, 0.25) is 0 Å². The topological polar surface area (TPSA) is 60.7 Å². The highest BCUT2D eigenvalue weighted by Gasteiger charge is 2.22. The number of nitrogens with one attached hydrogen (secondary N) is 1. The molecule has 1 aromatic heterocycles. The van der Waals surface area contributed by atoms with Crippen LogP contribution in [0.2, 0.25) is 5.02 Å². The summed E-state index contributed by atoms with van der Waals surface area (Å²) >= 11 is 6.28. The summed E-state index contributed by atoms with van der Waals surface area (Å²) in [5.41, 5.74) is 4.07. The molecule has 2 heterocycles. The van der Waals surface area contributed by atoms with Crippen LogP contribution in [0.5, 0.6) is 11.5 Å². The molecule has 1 aliphatic heterocycles. The fraction of sp³-hybridized carbons (Fsp3) is 0.250. The lowest BCUT2D eigenvalue weighted by molar-refractivity contribution is 0.0998. The van der Waals surface area contributed by atoms with E-state index in [-0.39, 0.29) is 11.7 Å². The molecular weight excluding hydrogens is 354 g/mol. The number of anilines is 1. The van der Waals surface area contributed by atoms with Crippen LogP contribution in [-0.4, -0.2) is 19.1 Å². The maximum Gasteiger partial charge on any atom is 0.291 e. The second-order valence-electron chi connectivity index (χ2n) is 6.39. The Morgan fingerprint density at radius 2 is 1.69 bits per heavy atom. The van der Waals surface area contributed by atoms with Crippen LogP contribution in [0.4, 0.5) is 5.69 Å². The molecule has 134 valence electrons. The van der Waals surface area contributed by atoms with Gasteiger partial charge in [0.1, 0.15) is 18.8 Å². The Morgan fingerprint density at radius 1 is 1.04 bits per heavy atom. The van der Waals surface area contributed by atoms with Gasteiger partial charge in [0, 0.05) is 23.1 Å². The molecule has 0 unspecified atom stereocenters. The fourth-order valence-electron chi connectivity index (χ4n) is 3.23. The molecular formula is C20H18ClNO4. The quantitative estimate of drug-likeness (QED) is 0.686. The van der Waals surface area contributed by atoms with Crippen LogP contribution in [0.25, 0.3) is 11.0 Å². The average Bonchev–Trinajstić information content (AvgIpc) is 2.98. The van der Waals surface area contributed by atoms with Crippen LogP contribution in [0.1, 0.15) is 27.2 Å². The Kier molecular flexibility index (Phi) is 4.04. The number of hydrogen-bond acceptors (Lipinski definition) is 4. The number of ether oxygens (including phenoxy) is 2. The van der Waals surface area contributed by atoms with Crippen LogP contribution in [0, 0.1) is 20.8 Å². The predicted molar refractivity (Wildman–Crippen MR) is 101 cm³/mol. The minimum Gasteiger partial charge on any atom is -0.486 e. The molecule has 1 amide bonds. The van der Waals surface area contributed by atoms with Crippen molar-refractivity contribution in [3.63, 3.8) is 0 Å². The van der Waals surface area contributed by atoms with Crippen LogP contribution in [0.15, 0.2) is 28.7 Å². The largest absolute Gasteiger partial charge is 0.486 e. The normalized spacial score (nSPS) is 13.1. The van der Waals surface area contributed by atoms with Crippen LogP contribution >= 0.6 is 11.6 Å². The van der Waals surface area contributed by atoms with Crippen molar-refractivity contribution >= 4 is 34.2 Å². The summed E-state index contributed by atoms with van der Waals surface area (Å²) < 4.78 is 16.9. The van der Waals surface area contributed by atoms with Gasteiger partial charge in [-0.05, 0) is 31.9 Å². The first-order valence-electron chi connectivity index (χ1n) is 8.35. The van der Waals surface area contributed by atoms with Crippen molar-refractivity contribution in [1.82, 2.24) is 0 Å². The first-order valence-corrected chi connectivity index (χ1v) is 8.73. The lowest BCUT2D eigenvalue weighted by Gasteiger charge is -2.19. The van der Waals surface area contributed by atoms with E-state index >= 15 is 0 Å². The zero-order chi connectivity index (χ0) is 18.4. The number of carbonyl (C=O) groups excluding carboxylic acids is 1. The monoisotopic (exact) mass is 371 g/mol. The second-order valence-corrected chi connectivity index (χ2v) is 6.80. The summed E-state index contributed by atoms with van der Waals surface area (Å²) in [5.74, 6) is 1.06. The number of furan rings is 1. The van der Waals surface area contributed by atoms with E-state index in [1.54, 1.807) is 12.1 Å². The zero-order valence-corrected chi connectivity index (χ0v) is 15.5.